The third kappa shape index (κ3) is 2.92. The molecule has 0 spiro atoms. The smallest absolute Gasteiger partial charge is 0.0847 e. The van der Waals surface area contributed by atoms with Gasteiger partial charge >= 0.3 is 0 Å². The van der Waals surface area contributed by atoms with Crippen LogP contribution >= 0.6 is 23.2 Å². The van der Waals surface area contributed by atoms with Gasteiger partial charge < -0.3 is 0 Å². The molecule has 1 aromatic rings. The number of hydrogen-bond donors (Lipinski definition) is 0. The molecule has 0 saturated carbocycles. The van der Waals surface area contributed by atoms with Crippen LogP contribution in [-0.2, 0) is 13.5 Å². The monoisotopic (exact) mass is 262 g/mol. The molecule has 1 heterocycles. The molecule has 92 valence electrons. The molecule has 4 heteroatoms. The zero-order chi connectivity index (χ0) is 12.3. The Hall–Kier alpha value is -0.210. The molecule has 0 aromatic carbocycles. The van der Waals surface area contributed by atoms with E-state index in [1.165, 1.54) is 0 Å². The van der Waals surface area contributed by atoms with Crippen molar-refractivity contribution in [2.45, 2.75) is 40.0 Å². The topological polar surface area (TPSA) is 17.8 Å². The summed E-state index contributed by atoms with van der Waals surface area (Å²) in [6, 6.07) is 0. The van der Waals surface area contributed by atoms with Crippen molar-refractivity contribution in [3.05, 3.63) is 16.4 Å². The second-order valence-corrected chi connectivity index (χ2v) is 5.49. The highest BCUT2D eigenvalue weighted by Gasteiger charge is 2.26. The van der Waals surface area contributed by atoms with Crippen molar-refractivity contribution in [2.75, 3.05) is 5.88 Å². The van der Waals surface area contributed by atoms with E-state index in [1.807, 2.05) is 18.7 Å². The van der Waals surface area contributed by atoms with Gasteiger partial charge in [-0.05, 0) is 25.2 Å². The van der Waals surface area contributed by atoms with E-state index in [0.717, 1.165) is 35.7 Å². The molecule has 1 aromatic heterocycles. The molecule has 0 N–H and O–H groups in total. The standard InChI is InChI=1S/C12H20Cl2N2/c1-5-6-12(3,8-13)7-10-11(14)9(2)15-16(10)4/h5-8H2,1-4H3. The molecule has 2 nitrogen and oxygen atoms in total. The van der Waals surface area contributed by atoms with Crippen LogP contribution < -0.4 is 0 Å². The normalized spacial score (nSPS) is 15.1. The summed E-state index contributed by atoms with van der Waals surface area (Å²) in [5.41, 5.74) is 2.10. The first-order valence-electron chi connectivity index (χ1n) is 5.67. The molecule has 0 aliphatic heterocycles. The summed E-state index contributed by atoms with van der Waals surface area (Å²) in [7, 11) is 1.94. The maximum absolute atomic E-state index is 6.25. The Labute approximate surface area is 108 Å². The van der Waals surface area contributed by atoms with Crippen molar-refractivity contribution in [3.63, 3.8) is 0 Å². The predicted molar refractivity (Wildman–Crippen MR) is 70.4 cm³/mol. The van der Waals surface area contributed by atoms with Gasteiger partial charge in [0.1, 0.15) is 0 Å². The van der Waals surface area contributed by atoms with Gasteiger partial charge in [0, 0.05) is 12.9 Å². The third-order valence-electron chi connectivity index (χ3n) is 3.03. The quantitative estimate of drug-likeness (QED) is 0.735. The van der Waals surface area contributed by atoms with E-state index >= 15 is 0 Å². The molecule has 0 amide bonds. The third-order valence-corrected chi connectivity index (χ3v) is 4.17. The van der Waals surface area contributed by atoms with Crippen molar-refractivity contribution in [1.82, 2.24) is 9.78 Å². The Kier molecular flexibility index (Phi) is 4.69. The molecule has 0 radical (unpaired) electrons. The van der Waals surface area contributed by atoms with Crippen LogP contribution in [0.25, 0.3) is 0 Å². The largest absolute Gasteiger partial charge is 0.271 e. The molecule has 16 heavy (non-hydrogen) atoms. The van der Waals surface area contributed by atoms with Gasteiger partial charge in [0.2, 0.25) is 0 Å². The Bertz CT molecular complexity index is 360. The van der Waals surface area contributed by atoms with Crippen LogP contribution in [0.3, 0.4) is 0 Å². The molecule has 1 unspecified atom stereocenters. The van der Waals surface area contributed by atoms with Crippen LogP contribution in [0.1, 0.15) is 38.1 Å². The Morgan fingerprint density at radius 1 is 1.44 bits per heavy atom. The first-order valence-corrected chi connectivity index (χ1v) is 6.58. The number of alkyl halides is 1. The lowest BCUT2D eigenvalue weighted by Crippen LogP contribution is -2.23. The van der Waals surface area contributed by atoms with Crippen LogP contribution in [0.5, 0.6) is 0 Å². The van der Waals surface area contributed by atoms with Gasteiger partial charge in [0.15, 0.2) is 0 Å². The van der Waals surface area contributed by atoms with Gasteiger partial charge in [-0.2, -0.15) is 5.10 Å². The average molecular weight is 263 g/mol. The number of nitrogens with zero attached hydrogens (tertiary/aromatic N) is 2. The van der Waals surface area contributed by atoms with Crippen molar-refractivity contribution >= 4 is 23.2 Å². The lowest BCUT2D eigenvalue weighted by molar-refractivity contribution is 0.327. The zero-order valence-electron chi connectivity index (χ0n) is 10.5. The number of hydrogen-bond acceptors (Lipinski definition) is 1. The van der Waals surface area contributed by atoms with Gasteiger partial charge in [-0.15, -0.1) is 11.6 Å². The SMILES string of the molecule is CCCC(C)(CCl)Cc1c(Cl)c(C)nn1C. The minimum Gasteiger partial charge on any atom is -0.271 e. The van der Waals surface area contributed by atoms with Gasteiger partial charge in [-0.1, -0.05) is 31.9 Å². The summed E-state index contributed by atoms with van der Waals surface area (Å²) in [5.74, 6) is 0.654. The van der Waals surface area contributed by atoms with Crippen molar-refractivity contribution < 1.29 is 0 Å². The van der Waals surface area contributed by atoms with E-state index in [1.54, 1.807) is 0 Å². The van der Waals surface area contributed by atoms with Crippen LogP contribution in [0, 0.1) is 12.3 Å². The number of aromatic nitrogens is 2. The molecule has 0 bridgehead atoms. The van der Waals surface area contributed by atoms with Crippen LogP contribution in [0.15, 0.2) is 0 Å². The van der Waals surface area contributed by atoms with E-state index in [0.29, 0.717) is 5.88 Å². The number of rotatable bonds is 5. The predicted octanol–water partition coefficient (Wildman–Crippen LogP) is 3.97. The molecule has 0 saturated heterocycles. The molecule has 0 aliphatic carbocycles. The number of aryl methyl sites for hydroxylation is 2. The summed E-state index contributed by atoms with van der Waals surface area (Å²) in [4.78, 5) is 0. The first-order chi connectivity index (χ1) is 7.43. The lowest BCUT2D eigenvalue weighted by Gasteiger charge is -2.26. The maximum Gasteiger partial charge on any atom is 0.0847 e. The number of halogens is 2. The maximum atomic E-state index is 6.25. The highest BCUT2D eigenvalue weighted by Crippen LogP contribution is 2.32. The second kappa shape index (κ2) is 5.42. The molecule has 1 rings (SSSR count). The van der Waals surface area contributed by atoms with Gasteiger partial charge in [-0.3, -0.25) is 4.68 Å². The molecule has 0 aliphatic rings. The molecular weight excluding hydrogens is 243 g/mol. The van der Waals surface area contributed by atoms with Crippen molar-refractivity contribution in [2.24, 2.45) is 12.5 Å². The summed E-state index contributed by atoms with van der Waals surface area (Å²) in [5, 5.41) is 5.12. The highest BCUT2D eigenvalue weighted by molar-refractivity contribution is 6.31. The van der Waals surface area contributed by atoms with E-state index in [2.05, 4.69) is 18.9 Å². The minimum atomic E-state index is 0.111. The fraction of sp³-hybridized carbons (Fsp3) is 0.750. The summed E-state index contributed by atoms with van der Waals surface area (Å²) >= 11 is 12.3. The van der Waals surface area contributed by atoms with E-state index in [4.69, 9.17) is 23.2 Å². The van der Waals surface area contributed by atoms with Crippen molar-refractivity contribution in [1.29, 1.82) is 0 Å². The van der Waals surface area contributed by atoms with Crippen LogP contribution in [0.4, 0.5) is 0 Å². The van der Waals surface area contributed by atoms with E-state index in [-0.39, 0.29) is 5.41 Å². The molecule has 1 atom stereocenters. The average Bonchev–Trinajstić information content (AvgIpc) is 2.46. The fourth-order valence-electron chi connectivity index (χ4n) is 2.08. The highest BCUT2D eigenvalue weighted by atomic mass is 35.5. The van der Waals surface area contributed by atoms with Gasteiger partial charge in [0.25, 0.3) is 0 Å². The molecular formula is C12H20Cl2N2. The first kappa shape index (κ1) is 13.9. The van der Waals surface area contributed by atoms with Gasteiger partial charge in [-0.25, -0.2) is 0 Å². The second-order valence-electron chi connectivity index (χ2n) is 4.84. The summed E-state index contributed by atoms with van der Waals surface area (Å²) in [6.07, 6.45) is 3.13. The Balaban J connectivity index is 2.93. The van der Waals surface area contributed by atoms with E-state index < -0.39 is 0 Å². The van der Waals surface area contributed by atoms with Crippen LogP contribution in [-0.4, -0.2) is 15.7 Å². The molecule has 0 fully saturated rings. The Morgan fingerprint density at radius 3 is 2.44 bits per heavy atom. The minimum absolute atomic E-state index is 0.111. The van der Waals surface area contributed by atoms with Crippen LogP contribution in [0.2, 0.25) is 5.02 Å². The lowest BCUT2D eigenvalue weighted by atomic mass is 9.83. The summed E-state index contributed by atoms with van der Waals surface area (Å²) in [6.45, 7) is 6.33. The fourth-order valence-corrected chi connectivity index (χ4v) is 2.54. The van der Waals surface area contributed by atoms with Crippen molar-refractivity contribution in [3.8, 4) is 0 Å². The Morgan fingerprint density at radius 2 is 2.06 bits per heavy atom. The zero-order valence-corrected chi connectivity index (χ0v) is 12.0. The summed E-state index contributed by atoms with van der Waals surface area (Å²) < 4.78 is 1.87. The van der Waals surface area contributed by atoms with E-state index in [9.17, 15) is 0 Å². The van der Waals surface area contributed by atoms with Gasteiger partial charge in [0.05, 0.1) is 16.4 Å².